The second kappa shape index (κ2) is 7.18. The minimum absolute atomic E-state index is 0.0869. The third-order valence-corrected chi connectivity index (χ3v) is 4.87. The topological polar surface area (TPSA) is 73.2 Å². The first-order valence-corrected chi connectivity index (χ1v) is 9.29. The fourth-order valence-electron chi connectivity index (χ4n) is 3.61. The van der Waals surface area contributed by atoms with Crippen LogP contribution in [0.1, 0.15) is 55.2 Å². The highest BCUT2D eigenvalue weighted by molar-refractivity contribution is 5.76. The Balaban J connectivity index is 1.72. The van der Waals surface area contributed by atoms with Gasteiger partial charge < -0.3 is 10.1 Å². The van der Waals surface area contributed by atoms with Crippen molar-refractivity contribution in [2.24, 2.45) is 0 Å². The van der Waals surface area contributed by atoms with E-state index in [1.165, 1.54) is 4.57 Å². The molecule has 27 heavy (non-hydrogen) atoms. The largest absolute Gasteiger partial charge is 0.487 e. The van der Waals surface area contributed by atoms with Crippen molar-refractivity contribution < 1.29 is 9.53 Å². The Hall–Kier alpha value is -2.63. The van der Waals surface area contributed by atoms with Gasteiger partial charge in [-0.25, -0.2) is 4.79 Å². The fraction of sp³-hybridized carbons (Fsp3) is 0.476. The van der Waals surface area contributed by atoms with Crippen LogP contribution in [0.2, 0.25) is 0 Å². The van der Waals surface area contributed by atoms with Gasteiger partial charge in [0.1, 0.15) is 11.4 Å². The number of carbonyl (C=O) groups is 1. The van der Waals surface area contributed by atoms with E-state index in [0.717, 1.165) is 22.6 Å². The summed E-state index contributed by atoms with van der Waals surface area (Å²) in [5, 5.41) is 3.12. The molecule has 2 aromatic rings. The molecule has 1 atom stereocenters. The van der Waals surface area contributed by atoms with E-state index >= 15 is 0 Å². The maximum Gasteiger partial charge on any atom is 0.347 e. The first kappa shape index (κ1) is 19.1. The van der Waals surface area contributed by atoms with E-state index in [2.05, 4.69) is 10.3 Å². The summed E-state index contributed by atoms with van der Waals surface area (Å²) >= 11 is 0. The molecule has 0 unspecified atom stereocenters. The van der Waals surface area contributed by atoms with Gasteiger partial charge in [-0.2, -0.15) is 4.98 Å². The van der Waals surface area contributed by atoms with E-state index in [-0.39, 0.29) is 29.7 Å². The number of hydrogen-bond donors (Lipinski definition) is 1. The number of aryl methyl sites for hydroxylation is 3. The van der Waals surface area contributed by atoms with Crippen molar-refractivity contribution in [3.63, 3.8) is 0 Å². The van der Waals surface area contributed by atoms with Gasteiger partial charge in [-0.15, -0.1) is 0 Å². The molecule has 6 heteroatoms. The number of hydrogen-bond acceptors (Lipinski definition) is 4. The van der Waals surface area contributed by atoms with Gasteiger partial charge >= 0.3 is 5.69 Å². The molecule has 0 aliphatic carbocycles. The van der Waals surface area contributed by atoms with E-state index in [0.29, 0.717) is 18.7 Å². The maximum atomic E-state index is 12.6. The number of carbonyl (C=O) groups excluding carboxylic acids is 1. The van der Waals surface area contributed by atoms with Crippen LogP contribution >= 0.6 is 0 Å². The van der Waals surface area contributed by atoms with Crippen molar-refractivity contribution in [2.45, 2.75) is 65.6 Å². The minimum atomic E-state index is -0.354. The van der Waals surface area contributed by atoms with Crippen LogP contribution in [0.4, 0.5) is 0 Å². The molecule has 1 aromatic heterocycles. The van der Waals surface area contributed by atoms with Crippen LogP contribution in [-0.4, -0.2) is 21.1 Å². The Morgan fingerprint density at radius 2 is 2.04 bits per heavy atom. The highest BCUT2D eigenvalue weighted by Gasteiger charge is 2.34. The Morgan fingerprint density at radius 1 is 1.30 bits per heavy atom. The van der Waals surface area contributed by atoms with Crippen LogP contribution in [0.25, 0.3) is 0 Å². The van der Waals surface area contributed by atoms with Crippen molar-refractivity contribution in [1.82, 2.24) is 14.9 Å². The third-order valence-electron chi connectivity index (χ3n) is 4.87. The number of rotatable bonds is 4. The fourth-order valence-corrected chi connectivity index (χ4v) is 3.61. The monoisotopic (exact) mass is 369 g/mol. The van der Waals surface area contributed by atoms with Gasteiger partial charge in [-0.05, 0) is 52.3 Å². The summed E-state index contributed by atoms with van der Waals surface area (Å²) < 4.78 is 7.62. The summed E-state index contributed by atoms with van der Waals surface area (Å²) in [4.78, 5) is 28.6. The lowest BCUT2D eigenvalue weighted by atomic mass is 9.89. The van der Waals surface area contributed by atoms with Gasteiger partial charge in [0.15, 0.2) is 0 Å². The van der Waals surface area contributed by atoms with Gasteiger partial charge in [0.2, 0.25) is 5.91 Å². The van der Waals surface area contributed by atoms with E-state index < -0.39 is 0 Å². The minimum Gasteiger partial charge on any atom is -0.487 e. The van der Waals surface area contributed by atoms with E-state index in [4.69, 9.17) is 4.74 Å². The molecule has 1 N–H and O–H groups in total. The standard InChI is InChI=1S/C21H27N3O3/c1-13-6-7-16-17(12-21(4,5)27-18(16)10-13)23-19(25)8-9-24-15(3)11-14(2)22-20(24)26/h6-7,10-11,17H,8-9,12H2,1-5H3,(H,23,25)/t17-/m1/s1. The lowest BCUT2D eigenvalue weighted by molar-refractivity contribution is -0.122. The van der Waals surface area contributed by atoms with Crippen LogP contribution in [0, 0.1) is 20.8 Å². The smallest absolute Gasteiger partial charge is 0.347 e. The van der Waals surface area contributed by atoms with Gasteiger partial charge in [-0.1, -0.05) is 12.1 Å². The normalized spacial score (nSPS) is 17.7. The van der Waals surface area contributed by atoms with Crippen molar-refractivity contribution >= 4 is 5.91 Å². The molecule has 0 radical (unpaired) electrons. The zero-order valence-corrected chi connectivity index (χ0v) is 16.6. The summed E-state index contributed by atoms with van der Waals surface area (Å²) in [6.07, 6.45) is 0.921. The molecule has 0 bridgehead atoms. The molecule has 3 rings (SSSR count). The Labute approximate surface area is 159 Å². The predicted molar refractivity (Wildman–Crippen MR) is 104 cm³/mol. The molecule has 2 heterocycles. The quantitative estimate of drug-likeness (QED) is 0.899. The van der Waals surface area contributed by atoms with Crippen molar-refractivity contribution in [3.8, 4) is 5.75 Å². The highest BCUT2D eigenvalue weighted by atomic mass is 16.5. The van der Waals surface area contributed by atoms with Crippen molar-refractivity contribution in [1.29, 1.82) is 0 Å². The Kier molecular flexibility index (Phi) is 5.09. The molecule has 0 fully saturated rings. The summed E-state index contributed by atoms with van der Waals surface area (Å²) in [5.74, 6) is 0.738. The first-order valence-electron chi connectivity index (χ1n) is 9.29. The van der Waals surface area contributed by atoms with Crippen LogP contribution in [0.3, 0.4) is 0 Å². The number of fused-ring (bicyclic) bond motifs is 1. The summed E-state index contributed by atoms with van der Waals surface area (Å²) in [6.45, 7) is 10.0. The first-order chi connectivity index (χ1) is 12.6. The molecular weight excluding hydrogens is 342 g/mol. The number of nitrogens with one attached hydrogen (secondary N) is 1. The van der Waals surface area contributed by atoms with Gasteiger partial charge in [0.25, 0.3) is 0 Å². The molecule has 1 aliphatic rings. The number of ether oxygens (including phenoxy) is 1. The lowest BCUT2D eigenvalue weighted by Crippen LogP contribution is -2.41. The Bertz CT molecular complexity index is 931. The number of nitrogens with zero attached hydrogens (tertiary/aromatic N) is 2. The number of amides is 1. The summed E-state index contributed by atoms with van der Waals surface area (Å²) in [7, 11) is 0. The molecule has 144 valence electrons. The zero-order chi connectivity index (χ0) is 19.8. The average molecular weight is 369 g/mol. The predicted octanol–water partition coefficient (Wildman–Crippen LogP) is 2.98. The SMILES string of the molecule is Cc1ccc2c(c1)OC(C)(C)C[C@H]2NC(=O)CCn1c(C)cc(C)nc1=O. The van der Waals surface area contributed by atoms with Crippen molar-refractivity contribution in [3.05, 3.63) is 57.3 Å². The molecule has 6 nitrogen and oxygen atoms in total. The van der Waals surface area contributed by atoms with E-state index in [1.807, 2.05) is 52.0 Å². The van der Waals surface area contributed by atoms with Gasteiger partial charge in [0, 0.05) is 36.3 Å². The van der Waals surface area contributed by atoms with Gasteiger partial charge in [0.05, 0.1) is 6.04 Å². The van der Waals surface area contributed by atoms with Crippen LogP contribution < -0.4 is 15.7 Å². The summed E-state index contributed by atoms with van der Waals surface area (Å²) in [5.41, 5.74) is 2.96. The van der Waals surface area contributed by atoms with Gasteiger partial charge in [-0.3, -0.25) is 9.36 Å². The zero-order valence-electron chi connectivity index (χ0n) is 16.6. The van der Waals surface area contributed by atoms with Crippen LogP contribution in [0.15, 0.2) is 29.1 Å². The Morgan fingerprint density at radius 3 is 2.74 bits per heavy atom. The second-order valence-electron chi connectivity index (χ2n) is 7.95. The average Bonchev–Trinajstić information content (AvgIpc) is 2.52. The molecular formula is C21H27N3O3. The molecule has 1 aromatic carbocycles. The lowest BCUT2D eigenvalue weighted by Gasteiger charge is -2.38. The summed E-state index contributed by atoms with van der Waals surface area (Å²) in [6, 6.07) is 7.80. The van der Waals surface area contributed by atoms with Crippen LogP contribution in [0.5, 0.6) is 5.75 Å². The number of benzene rings is 1. The molecule has 1 amide bonds. The molecule has 0 spiro atoms. The van der Waals surface area contributed by atoms with E-state index in [1.54, 1.807) is 6.92 Å². The molecule has 0 saturated carbocycles. The third kappa shape index (κ3) is 4.38. The molecule has 1 aliphatic heterocycles. The van der Waals surface area contributed by atoms with Crippen molar-refractivity contribution in [2.75, 3.05) is 0 Å². The second-order valence-corrected chi connectivity index (χ2v) is 7.95. The highest BCUT2D eigenvalue weighted by Crippen LogP contribution is 2.39. The van der Waals surface area contributed by atoms with E-state index in [9.17, 15) is 9.59 Å². The van der Waals surface area contributed by atoms with Crippen LogP contribution in [-0.2, 0) is 11.3 Å². The number of aromatic nitrogens is 2. The maximum absolute atomic E-state index is 12.6. The molecule has 0 saturated heterocycles.